The maximum absolute atomic E-state index is 11.2. The minimum Gasteiger partial charge on any atom is -0.476 e. The molecular formula is C20H22N4O4S. The van der Waals surface area contributed by atoms with E-state index in [1.807, 2.05) is 19.1 Å². The molecule has 0 unspecified atom stereocenters. The van der Waals surface area contributed by atoms with E-state index >= 15 is 0 Å². The number of thiazole rings is 1. The maximum atomic E-state index is 11.2. The van der Waals surface area contributed by atoms with Crippen LogP contribution in [0.4, 0.5) is 5.13 Å². The van der Waals surface area contributed by atoms with Crippen LogP contribution >= 0.6 is 11.3 Å². The molecule has 0 radical (unpaired) electrons. The van der Waals surface area contributed by atoms with Crippen molar-refractivity contribution in [1.29, 1.82) is 0 Å². The van der Waals surface area contributed by atoms with E-state index < -0.39 is 11.8 Å². The molecule has 1 aromatic carbocycles. The summed E-state index contributed by atoms with van der Waals surface area (Å²) in [6.45, 7) is 5.43. The van der Waals surface area contributed by atoms with Crippen molar-refractivity contribution in [2.24, 2.45) is 0 Å². The lowest BCUT2D eigenvalue weighted by atomic mass is 10.0. The van der Waals surface area contributed by atoms with Crippen LogP contribution in [-0.4, -0.2) is 57.9 Å². The highest BCUT2D eigenvalue weighted by molar-refractivity contribution is 7.22. The molecule has 8 nitrogen and oxygen atoms in total. The zero-order valence-electron chi connectivity index (χ0n) is 16.1. The van der Waals surface area contributed by atoms with Crippen molar-refractivity contribution in [3.8, 4) is 0 Å². The lowest BCUT2D eigenvalue weighted by Crippen LogP contribution is -2.45. The van der Waals surface area contributed by atoms with Crippen molar-refractivity contribution in [2.45, 2.75) is 32.1 Å². The summed E-state index contributed by atoms with van der Waals surface area (Å²) in [5, 5.41) is 14.4. The molecule has 2 aliphatic rings. The van der Waals surface area contributed by atoms with Gasteiger partial charge in [0.2, 0.25) is 0 Å². The van der Waals surface area contributed by atoms with E-state index in [-0.39, 0.29) is 5.69 Å². The molecule has 2 aliphatic heterocycles. The quantitative estimate of drug-likeness (QED) is 0.702. The highest BCUT2D eigenvalue weighted by Crippen LogP contribution is 2.36. The standard InChI is InChI=1S/C20H22N4O4S/c1-13-11-15(18(25)26)22-24(13)12-14-3-2-4-16-17(14)21-19(29-16)23-7-5-20(6-8-23)27-9-10-28-20/h2-4,11H,5-10,12H2,1H3,(H,25,26). The van der Waals surface area contributed by atoms with Gasteiger partial charge in [0.1, 0.15) is 0 Å². The average Bonchev–Trinajstić information content (AvgIpc) is 3.43. The molecule has 3 aromatic rings. The number of carboxylic acids is 1. The third-order valence-electron chi connectivity index (χ3n) is 5.62. The van der Waals surface area contributed by atoms with E-state index in [0.29, 0.717) is 19.8 Å². The fourth-order valence-corrected chi connectivity index (χ4v) is 5.08. The van der Waals surface area contributed by atoms with Crippen molar-refractivity contribution in [2.75, 3.05) is 31.2 Å². The van der Waals surface area contributed by atoms with E-state index in [9.17, 15) is 9.90 Å². The van der Waals surface area contributed by atoms with Crippen LogP contribution in [0.3, 0.4) is 0 Å². The van der Waals surface area contributed by atoms with Crippen LogP contribution in [0.2, 0.25) is 0 Å². The normalized spacial score (nSPS) is 18.7. The number of fused-ring (bicyclic) bond motifs is 1. The Balaban J connectivity index is 1.39. The number of rotatable bonds is 4. The van der Waals surface area contributed by atoms with Gasteiger partial charge in [-0.05, 0) is 19.1 Å². The third kappa shape index (κ3) is 3.39. The molecule has 29 heavy (non-hydrogen) atoms. The fraction of sp³-hybridized carbons (Fsp3) is 0.450. The van der Waals surface area contributed by atoms with E-state index in [1.165, 1.54) is 0 Å². The van der Waals surface area contributed by atoms with Gasteiger partial charge in [-0.1, -0.05) is 23.5 Å². The summed E-state index contributed by atoms with van der Waals surface area (Å²) in [4.78, 5) is 18.4. The van der Waals surface area contributed by atoms with Gasteiger partial charge in [-0.3, -0.25) is 4.68 Å². The summed E-state index contributed by atoms with van der Waals surface area (Å²) in [5.41, 5.74) is 2.86. The van der Waals surface area contributed by atoms with Crippen LogP contribution in [0, 0.1) is 6.92 Å². The second-order valence-corrected chi connectivity index (χ2v) is 8.50. The zero-order valence-corrected chi connectivity index (χ0v) is 16.9. The minimum atomic E-state index is -1.01. The van der Waals surface area contributed by atoms with E-state index in [2.05, 4.69) is 16.1 Å². The van der Waals surface area contributed by atoms with E-state index in [4.69, 9.17) is 14.5 Å². The average molecular weight is 414 g/mol. The number of hydrogen-bond acceptors (Lipinski definition) is 7. The van der Waals surface area contributed by atoms with Crippen LogP contribution in [0.25, 0.3) is 10.2 Å². The lowest BCUT2D eigenvalue weighted by Gasteiger charge is -2.37. The number of hydrogen-bond donors (Lipinski definition) is 1. The van der Waals surface area contributed by atoms with E-state index in [1.54, 1.807) is 22.1 Å². The number of aromatic carboxylic acids is 1. The first-order chi connectivity index (χ1) is 14.0. The maximum Gasteiger partial charge on any atom is 0.356 e. The molecule has 0 atom stereocenters. The van der Waals surface area contributed by atoms with E-state index in [0.717, 1.165) is 52.5 Å². The van der Waals surface area contributed by atoms with Crippen molar-refractivity contribution in [1.82, 2.24) is 14.8 Å². The van der Waals surface area contributed by atoms with Gasteiger partial charge in [0, 0.05) is 37.2 Å². The lowest BCUT2D eigenvalue weighted by molar-refractivity contribution is -0.169. The predicted molar refractivity (Wildman–Crippen MR) is 109 cm³/mol. The number of carboxylic acid groups (broad SMARTS) is 1. The molecular weight excluding hydrogens is 392 g/mol. The van der Waals surface area contributed by atoms with Gasteiger partial charge in [0.05, 0.1) is 30.0 Å². The topological polar surface area (TPSA) is 89.7 Å². The molecule has 1 N–H and O–H groups in total. The number of aryl methyl sites for hydroxylation is 1. The summed E-state index contributed by atoms with van der Waals surface area (Å²) < 4.78 is 14.5. The van der Waals surface area contributed by atoms with Crippen molar-refractivity contribution in [3.63, 3.8) is 0 Å². The number of piperidine rings is 1. The number of anilines is 1. The van der Waals surface area contributed by atoms with Gasteiger partial charge in [-0.25, -0.2) is 9.78 Å². The van der Waals surface area contributed by atoms with Crippen LogP contribution in [0.15, 0.2) is 24.3 Å². The molecule has 2 saturated heterocycles. The van der Waals surface area contributed by atoms with Crippen LogP contribution < -0.4 is 4.90 Å². The minimum absolute atomic E-state index is 0.0623. The first-order valence-electron chi connectivity index (χ1n) is 9.72. The smallest absolute Gasteiger partial charge is 0.356 e. The number of benzene rings is 1. The summed E-state index contributed by atoms with van der Waals surface area (Å²) in [6, 6.07) is 7.71. The Morgan fingerprint density at radius 2 is 2.03 bits per heavy atom. The zero-order chi connectivity index (χ0) is 20.0. The Kier molecular flexibility index (Phi) is 4.53. The molecule has 5 rings (SSSR count). The molecule has 2 aromatic heterocycles. The Hall–Kier alpha value is -2.49. The summed E-state index contributed by atoms with van der Waals surface area (Å²) >= 11 is 1.68. The summed E-state index contributed by atoms with van der Waals surface area (Å²) in [6.07, 6.45) is 1.69. The molecule has 0 aliphatic carbocycles. The molecule has 0 bridgehead atoms. The van der Waals surface area contributed by atoms with Crippen LogP contribution in [-0.2, 0) is 16.0 Å². The monoisotopic (exact) mass is 414 g/mol. The molecule has 9 heteroatoms. The molecule has 1 spiro atoms. The van der Waals surface area contributed by atoms with Crippen LogP contribution in [0.1, 0.15) is 34.6 Å². The fourth-order valence-electron chi connectivity index (χ4n) is 4.02. The van der Waals surface area contributed by atoms with Gasteiger partial charge in [0.15, 0.2) is 16.6 Å². The Bertz CT molecular complexity index is 1060. The highest BCUT2D eigenvalue weighted by atomic mass is 32.1. The Labute approximate surface area is 171 Å². The predicted octanol–water partition coefficient (Wildman–Crippen LogP) is 2.89. The van der Waals surface area contributed by atoms with Gasteiger partial charge < -0.3 is 19.5 Å². The second-order valence-electron chi connectivity index (χ2n) is 7.49. The first kappa shape index (κ1) is 18.5. The number of carbonyl (C=O) groups is 1. The van der Waals surface area contributed by atoms with Crippen molar-refractivity contribution >= 4 is 32.7 Å². The van der Waals surface area contributed by atoms with Gasteiger partial charge in [0.25, 0.3) is 0 Å². The third-order valence-corrected chi connectivity index (χ3v) is 6.70. The van der Waals surface area contributed by atoms with Crippen LogP contribution in [0.5, 0.6) is 0 Å². The molecule has 4 heterocycles. The molecule has 0 saturated carbocycles. The highest BCUT2D eigenvalue weighted by Gasteiger charge is 2.40. The molecule has 0 amide bonds. The number of ether oxygens (including phenoxy) is 2. The van der Waals surface area contributed by atoms with Gasteiger partial charge >= 0.3 is 5.97 Å². The van der Waals surface area contributed by atoms with Gasteiger partial charge in [-0.15, -0.1) is 0 Å². The second kappa shape index (κ2) is 7.08. The largest absolute Gasteiger partial charge is 0.476 e. The molecule has 2 fully saturated rings. The van der Waals surface area contributed by atoms with Gasteiger partial charge in [-0.2, -0.15) is 5.10 Å². The summed E-state index contributed by atoms with van der Waals surface area (Å²) in [5.74, 6) is -1.41. The Morgan fingerprint density at radius 1 is 1.28 bits per heavy atom. The first-order valence-corrected chi connectivity index (χ1v) is 10.5. The summed E-state index contributed by atoms with van der Waals surface area (Å²) in [7, 11) is 0. The molecule has 152 valence electrons. The number of nitrogens with zero attached hydrogens (tertiary/aromatic N) is 4. The Morgan fingerprint density at radius 3 is 2.72 bits per heavy atom. The number of para-hydroxylation sites is 1. The van der Waals surface area contributed by atoms with Crippen molar-refractivity contribution < 1.29 is 19.4 Å². The SMILES string of the molecule is Cc1cc(C(=O)O)nn1Cc1cccc2sc(N3CCC4(CC3)OCCO4)nc12. The number of aromatic nitrogens is 3. The van der Waals surface area contributed by atoms with Crippen molar-refractivity contribution in [3.05, 3.63) is 41.2 Å².